The molecule has 5 nitrogen and oxygen atoms in total. The summed E-state index contributed by atoms with van der Waals surface area (Å²) in [5, 5.41) is 3.63. The van der Waals surface area contributed by atoms with Gasteiger partial charge >= 0.3 is 0 Å². The fraction of sp³-hybridized carbons (Fsp3) is 0.105. The predicted molar refractivity (Wildman–Crippen MR) is 104 cm³/mol. The van der Waals surface area contributed by atoms with E-state index < -0.39 is 0 Å². The molecule has 1 aliphatic heterocycles. The van der Waals surface area contributed by atoms with Gasteiger partial charge in [0.05, 0.1) is 10.7 Å². The molecule has 0 unspecified atom stereocenters. The molecule has 0 aliphatic carbocycles. The van der Waals surface area contributed by atoms with Crippen molar-refractivity contribution in [1.29, 1.82) is 0 Å². The molecule has 1 N–H and O–H groups in total. The van der Waals surface area contributed by atoms with Crippen molar-refractivity contribution in [2.75, 3.05) is 16.8 Å². The minimum absolute atomic E-state index is 0.269. The van der Waals surface area contributed by atoms with E-state index in [1.54, 1.807) is 24.3 Å². The van der Waals surface area contributed by atoms with Gasteiger partial charge in [0.25, 0.3) is 5.91 Å². The fourth-order valence-corrected chi connectivity index (χ4v) is 3.43. The first-order valence-electron chi connectivity index (χ1n) is 8.06. The number of fused-ring (bicyclic) bond motifs is 1. The van der Waals surface area contributed by atoms with E-state index in [1.807, 2.05) is 12.1 Å². The van der Waals surface area contributed by atoms with Crippen LogP contribution >= 0.6 is 23.2 Å². The Kier molecular flexibility index (Phi) is 4.49. The molecule has 3 aromatic rings. The minimum atomic E-state index is -0.356. The van der Waals surface area contributed by atoms with Gasteiger partial charge in [-0.1, -0.05) is 41.4 Å². The highest BCUT2D eigenvalue weighted by molar-refractivity contribution is 6.36. The molecular weight excluding hydrogens is 371 g/mol. The zero-order valence-electron chi connectivity index (χ0n) is 13.6. The molecule has 26 heavy (non-hydrogen) atoms. The number of halogens is 2. The third-order valence-electron chi connectivity index (χ3n) is 4.23. The molecule has 0 spiro atoms. The highest BCUT2D eigenvalue weighted by Crippen LogP contribution is 2.33. The lowest BCUT2D eigenvalue weighted by molar-refractivity contribution is 0.102. The predicted octanol–water partition coefficient (Wildman–Crippen LogP) is 4.73. The molecule has 4 rings (SSSR count). The maximum atomic E-state index is 12.6. The van der Waals surface area contributed by atoms with Crippen LogP contribution in [0.4, 0.5) is 17.2 Å². The first-order chi connectivity index (χ1) is 12.6. The number of benzene rings is 2. The summed E-state index contributed by atoms with van der Waals surface area (Å²) in [6.45, 7) is 0.820. The van der Waals surface area contributed by atoms with Crippen molar-refractivity contribution in [3.05, 3.63) is 76.2 Å². The Bertz CT molecular complexity index is 993. The topological polar surface area (TPSA) is 58.1 Å². The van der Waals surface area contributed by atoms with E-state index in [1.165, 1.54) is 11.9 Å². The summed E-state index contributed by atoms with van der Waals surface area (Å²) in [5.41, 5.74) is 3.13. The van der Waals surface area contributed by atoms with Gasteiger partial charge in [-0.25, -0.2) is 9.97 Å². The zero-order valence-corrected chi connectivity index (χ0v) is 15.1. The van der Waals surface area contributed by atoms with Gasteiger partial charge in [0, 0.05) is 23.3 Å². The Morgan fingerprint density at radius 3 is 2.77 bits per heavy atom. The molecule has 0 bridgehead atoms. The first kappa shape index (κ1) is 16.8. The van der Waals surface area contributed by atoms with E-state index in [4.69, 9.17) is 23.2 Å². The van der Waals surface area contributed by atoms with Crippen molar-refractivity contribution < 1.29 is 4.79 Å². The van der Waals surface area contributed by atoms with Crippen LogP contribution in [0.25, 0.3) is 0 Å². The van der Waals surface area contributed by atoms with E-state index in [9.17, 15) is 4.79 Å². The number of para-hydroxylation sites is 1. The largest absolute Gasteiger partial charge is 0.326 e. The van der Waals surface area contributed by atoms with Gasteiger partial charge in [-0.3, -0.25) is 4.79 Å². The van der Waals surface area contributed by atoms with E-state index >= 15 is 0 Å². The number of anilines is 3. The van der Waals surface area contributed by atoms with Crippen molar-refractivity contribution in [2.45, 2.75) is 6.42 Å². The SMILES string of the molecule is O=C(Nc1ccc(Cl)cc1Cl)c1cc(N2CCc3ccccc32)ncn1. The van der Waals surface area contributed by atoms with Crippen molar-refractivity contribution in [3.63, 3.8) is 0 Å². The second kappa shape index (κ2) is 6.94. The van der Waals surface area contributed by atoms with Gasteiger partial charge in [-0.15, -0.1) is 0 Å². The van der Waals surface area contributed by atoms with E-state index in [2.05, 4.69) is 32.3 Å². The maximum Gasteiger partial charge on any atom is 0.274 e. The monoisotopic (exact) mass is 384 g/mol. The lowest BCUT2D eigenvalue weighted by Crippen LogP contribution is -2.18. The molecule has 2 heterocycles. The van der Waals surface area contributed by atoms with Gasteiger partial charge in [-0.05, 0) is 36.2 Å². The van der Waals surface area contributed by atoms with Crippen LogP contribution in [0, 0.1) is 0 Å². The van der Waals surface area contributed by atoms with Crippen molar-refractivity contribution in [1.82, 2.24) is 9.97 Å². The molecule has 0 radical (unpaired) electrons. The average Bonchev–Trinajstić information content (AvgIpc) is 3.08. The number of amides is 1. The van der Waals surface area contributed by atoms with Crippen LogP contribution in [0.5, 0.6) is 0 Å². The lowest BCUT2D eigenvalue weighted by atomic mass is 10.2. The summed E-state index contributed by atoms with van der Waals surface area (Å²) >= 11 is 12.0. The highest BCUT2D eigenvalue weighted by atomic mass is 35.5. The molecule has 2 aromatic carbocycles. The minimum Gasteiger partial charge on any atom is -0.326 e. The number of hydrogen-bond acceptors (Lipinski definition) is 4. The standard InChI is InChI=1S/C19H14Cl2N4O/c20-13-5-6-15(14(21)9-13)24-19(26)16-10-18(23-11-22-16)25-8-7-12-3-1-2-4-17(12)25/h1-6,9-11H,7-8H2,(H,24,26). The quantitative estimate of drug-likeness (QED) is 0.708. The second-order valence-electron chi connectivity index (χ2n) is 5.87. The smallest absolute Gasteiger partial charge is 0.274 e. The molecule has 1 aromatic heterocycles. The molecule has 1 amide bonds. The van der Waals surface area contributed by atoms with Crippen LogP contribution in [0.3, 0.4) is 0 Å². The number of rotatable bonds is 3. The number of aromatic nitrogens is 2. The normalized spacial score (nSPS) is 12.8. The van der Waals surface area contributed by atoms with E-state index in [-0.39, 0.29) is 11.6 Å². The summed E-state index contributed by atoms with van der Waals surface area (Å²) < 4.78 is 0. The molecule has 0 saturated carbocycles. The van der Waals surface area contributed by atoms with Crippen LogP contribution in [0.15, 0.2) is 54.9 Å². The lowest BCUT2D eigenvalue weighted by Gasteiger charge is -2.18. The average molecular weight is 385 g/mol. The van der Waals surface area contributed by atoms with Crippen LogP contribution < -0.4 is 10.2 Å². The Labute approximate surface area is 160 Å². The van der Waals surface area contributed by atoms with E-state index in [0.29, 0.717) is 21.6 Å². The molecular formula is C19H14Cl2N4O. The summed E-state index contributed by atoms with van der Waals surface area (Å²) in [5.74, 6) is 0.336. The van der Waals surface area contributed by atoms with Gasteiger partial charge in [-0.2, -0.15) is 0 Å². The van der Waals surface area contributed by atoms with Gasteiger partial charge in [0.15, 0.2) is 0 Å². The summed E-state index contributed by atoms with van der Waals surface area (Å²) in [6, 6.07) is 14.7. The second-order valence-corrected chi connectivity index (χ2v) is 6.71. The number of carbonyl (C=O) groups excluding carboxylic acids is 1. The summed E-state index contributed by atoms with van der Waals surface area (Å²) in [7, 11) is 0. The first-order valence-corrected chi connectivity index (χ1v) is 8.81. The zero-order chi connectivity index (χ0) is 18.1. The summed E-state index contributed by atoms with van der Waals surface area (Å²) in [6.07, 6.45) is 2.34. The third-order valence-corrected chi connectivity index (χ3v) is 4.78. The Hall–Kier alpha value is -2.63. The van der Waals surface area contributed by atoms with Crippen LogP contribution in [0.2, 0.25) is 10.0 Å². The Morgan fingerprint density at radius 1 is 1.08 bits per heavy atom. The number of hydrogen-bond donors (Lipinski definition) is 1. The van der Waals surface area contributed by atoms with Crippen LogP contribution in [-0.4, -0.2) is 22.4 Å². The van der Waals surface area contributed by atoms with Crippen molar-refractivity contribution in [2.24, 2.45) is 0 Å². The maximum absolute atomic E-state index is 12.6. The van der Waals surface area contributed by atoms with Crippen molar-refractivity contribution in [3.8, 4) is 0 Å². The molecule has 7 heteroatoms. The van der Waals surface area contributed by atoms with Crippen LogP contribution in [0.1, 0.15) is 16.1 Å². The summed E-state index contributed by atoms with van der Waals surface area (Å²) in [4.78, 5) is 23.1. The molecule has 0 atom stereocenters. The number of nitrogens with one attached hydrogen (secondary N) is 1. The third kappa shape index (κ3) is 3.23. The van der Waals surface area contributed by atoms with Crippen molar-refractivity contribution >= 4 is 46.3 Å². The number of carbonyl (C=O) groups is 1. The van der Waals surface area contributed by atoms with Gasteiger partial charge in [0.2, 0.25) is 0 Å². The number of nitrogens with zero attached hydrogens (tertiary/aromatic N) is 3. The van der Waals surface area contributed by atoms with E-state index in [0.717, 1.165) is 18.7 Å². The Morgan fingerprint density at radius 2 is 1.92 bits per heavy atom. The van der Waals surface area contributed by atoms with Crippen LogP contribution in [-0.2, 0) is 6.42 Å². The van der Waals surface area contributed by atoms with Gasteiger partial charge in [0.1, 0.15) is 17.8 Å². The highest BCUT2D eigenvalue weighted by Gasteiger charge is 2.22. The molecule has 0 fully saturated rings. The Balaban J connectivity index is 1.59. The molecule has 0 saturated heterocycles. The molecule has 1 aliphatic rings. The van der Waals surface area contributed by atoms with Gasteiger partial charge < -0.3 is 10.2 Å². The fourth-order valence-electron chi connectivity index (χ4n) is 2.97. The molecule has 130 valence electrons.